The first kappa shape index (κ1) is 16.4. The molecular formula is C18H23N3O3. The van der Waals surface area contributed by atoms with E-state index in [2.05, 4.69) is 10.3 Å². The van der Waals surface area contributed by atoms with Gasteiger partial charge in [0.05, 0.1) is 19.4 Å². The van der Waals surface area contributed by atoms with Crippen molar-refractivity contribution in [1.29, 1.82) is 0 Å². The van der Waals surface area contributed by atoms with Gasteiger partial charge in [0.1, 0.15) is 5.76 Å². The average molecular weight is 329 g/mol. The van der Waals surface area contributed by atoms with E-state index >= 15 is 0 Å². The molecule has 3 rings (SSSR count). The Labute approximate surface area is 141 Å². The lowest BCUT2D eigenvalue weighted by Gasteiger charge is -2.28. The number of carbonyl (C=O) groups excluding carboxylic acids is 1. The SMILES string of the molecule is COc1nc(C)ccc1CNC(=O)N(C1CC1)[C@@H](C)c1ccco1. The molecule has 0 radical (unpaired) electrons. The molecule has 1 atom stereocenters. The Hall–Kier alpha value is -2.50. The van der Waals surface area contributed by atoms with E-state index in [1.165, 1.54) is 0 Å². The van der Waals surface area contributed by atoms with Crippen LogP contribution in [0.3, 0.4) is 0 Å². The zero-order chi connectivity index (χ0) is 17.1. The molecule has 1 aliphatic carbocycles. The van der Waals surface area contributed by atoms with E-state index in [0.29, 0.717) is 12.4 Å². The quantitative estimate of drug-likeness (QED) is 0.881. The number of nitrogens with zero attached hydrogens (tertiary/aromatic N) is 2. The highest BCUT2D eigenvalue weighted by Crippen LogP contribution is 2.34. The first-order chi connectivity index (χ1) is 11.6. The Bertz CT molecular complexity index is 696. The van der Waals surface area contributed by atoms with E-state index < -0.39 is 0 Å². The van der Waals surface area contributed by atoms with Gasteiger partial charge in [0.25, 0.3) is 0 Å². The lowest BCUT2D eigenvalue weighted by molar-refractivity contribution is 0.166. The molecule has 0 bridgehead atoms. The molecule has 0 aliphatic heterocycles. The Balaban J connectivity index is 1.68. The molecule has 1 fully saturated rings. The number of furan rings is 1. The number of hydrogen-bond acceptors (Lipinski definition) is 4. The number of aromatic nitrogens is 1. The maximum Gasteiger partial charge on any atom is 0.318 e. The molecule has 2 aromatic rings. The second-order valence-electron chi connectivity index (χ2n) is 6.11. The topological polar surface area (TPSA) is 67.6 Å². The number of pyridine rings is 1. The number of nitrogens with one attached hydrogen (secondary N) is 1. The predicted octanol–water partition coefficient (Wildman–Crippen LogP) is 3.43. The van der Waals surface area contributed by atoms with Gasteiger partial charge in [-0.2, -0.15) is 0 Å². The number of rotatable bonds is 6. The van der Waals surface area contributed by atoms with Crippen LogP contribution in [0.4, 0.5) is 4.79 Å². The number of aryl methyl sites for hydroxylation is 1. The van der Waals surface area contributed by atoms with Gasteiger partial charge in [-0.05, 0) is 44.9 Å². The molecule has 24 heavy (non-hydrogen) atoms. The minimum Gasteiger partial charge on any atom is -0.481 e. The summed E-state index contributed by atoms with van der Waals surface area (Å²) < 4.78 is 10.8. The number of amides is 2. The summed E-state index contributed by atoms with van der Waals surface area (Å²) in [7, 11) is 1.59. The minimum atomic E-state index is -0.0935. The van der Waals surface area contributed by atoms with Gasteiger partial charge in [-0.1, -0.05) is 6.07 Å². The van der Waals surface area contributed by atoms with Gasteiger partial charge in [0, 0.05) is 23.8 Å². The van der Waals surface area contributed by atoms with Gasteiger partial charge < -0.3 is 19.4 Å². The van der Waals surface area contributed by atoms with Crippen molar-refractivity contribution >= 4 is 6.03 Å². The Kier molecular flexibility index (Phi) is 4.74. The van der Waals surface area contributed by atoms with Crippen LogP contribution in [0.15, 0.2) is 34.9 Å². The number of urea groups is 1. The molecule has 6 nitrogen and oxygen atoms in total. The van der Waals surface area contributed by atoms with Crippen LogP contribution in [0.1, 0.15) is 42.8 Å². The van der Waals surface area contributed by atoms with Gasteiger partial charge in [0.15, 0.2) is 0 Å². The van der Waals surface area contributed by atoms with Gasteiger partial charge in [0.2, 0.25) is 5.88 Å². The fourth-order valence-corrected chi connectivity index (χ4v) is 2.81. The molecule has 128 valence electrons. The van der Waals surface area contributed by atoms with Crippen molar-refractivity contribution in [2.75, 3.05) is 7.11 Å². The fraction of sp³-hybridized carbons (Fsp3) is 0.444. The summed E-state index contributed by atoms with van der Waals surface area (Å²) >= 11 is 0. The van der Waals surface area contributed by atoms with E-state index in [1.54, 1.807) is 13.4 Å². The zero-order valence-corrected chi connectivity index (χ0v) is 14.3. The molecule has 0 unspecified atom stereocenters. The maximum absolute atomic E-state index is 12.7. The third kappa shape index (κ3) is 3.53. The highest BCUT2D eigenvalue weighted by molar-refractivity contribution is 5.75. The van der Waals surface area contributed by atoms with Crippen LogP contribution in [-0.4, -0.2) is 29.1 Å². The minimum absolute atomic E-state index is 0.0921. The van der Waals surface area contributed by atoms with E-state index in [-0.39, 0.29) is 18.1 Å². The molecule has 2 aromatic heterocycles. The molecule has 0 spiro atoms. The molecule has 1 N–H and O–H groups in total. The van der Waals surface area contributed by atoms with Crippen molar-refractivity contribution in [3.63, 3.8) is 0 Å². The van der Waals surface area contributed by atoms with Gasteiger partial charge in [-0.3, -0.25) is 0 Å². The van der Waals surface area contributed by atoms with E-state index in [4.69, 9.17) is 9.15 Å². The van der Waals surface area contributed by atoms with E-state index in [9.17, 15) is 4.79 Å². The van der Waals surface area contributed by atoms with Crippen LogP contribution in [0.5, 0.6) is 5.88 Å². The van der Waals surface area contributed by atoms with Crippen LogP contribution in [0.2, 0.25) is 0 Å². The lowest BCUT2D eigenvalue weighted by atomic mass is 10.2. The van der Waals surface area contributed by atoms with Crippen molar-refractivity contribution < 1.29 is 13.9 Å². The Morgan fingerprint density at radius 1 is 1.46 bits per heavy atom. The first-order valence-electron chi connectivity index (χ1n) is 8.20. The van der Waals surface area contributed by atoms with Crippen LogP contribution in [0, 0.1) is 6.92 Å². The summed E-state index contributed by atoms with van der Waals surface area (Å²) in [6.45, 7) is 4.28. The van der Waals surface area contributed by atoms with Gasteiger partial charge >= 0.3 is 6.03 Å². The molecular weight excluding hydrogens is 306 g/mol. The summed E-state index contributed by atoms with van der Waals surface area (Å²) in [5.41, 5.74) is 1.74. The molecule has 1 aliphatic rings. The standard InChI is InChI=1S/C18H23N3O3/c1-12-6-7-14(17(20-12)23-3)11-19-18(22)21(15-8-9-15)13(2)16-5-4-10-24-16/h4-7,10,13,15H,8-9,11H2,1-3H3,(H,19,22)/t13-/m0/s1. The average Bonchev–Trinajstić information content (AvgIpc) is 3.25. The van der Waals surface area contributed by atoms with Gasteiger partial charge in [-0.15, -0.1) is 0 Å². The normalized spacial score (nSPS) is 15.0. The zero-order valence-electron chi connectivity index (χ0n) is 14.3. The molecule has 2 amide bonds. The second-order valence-corrected chi connectivity index (χ2v) is 6.11. The second kappa shape index (κ2) is 6.95. The molecule has 0 aromatic carbocycles. The smallest absolute Gasteiger partial charge is 0.318 e. The van der Waals surface area contributed by atoms with Gasteiger partial charge in [-0.25, -0.2) is 9.78 Å². The number of ether oxygens (including phenoxy) is 1. The monoisotopic (exact) mass is 329 g/mol. The van der Waals surface area contributed by atoms with Crippen molar-refractivity contribution in [3.8, 4) is 5.88 Å². The molecule has 6 heteroatoms. The summed E-state index contributed by atoms with van der Waals surface area (Å²) in [4.78, 5) is 18.9. The van der Waals surface area contributed by atoms with Crippen LogP contribution < -0.4 is 10.1 Å². The molecule has 2 heterocycles. The summed E-state index contributed by atoms with van der Waals surface area (Å²) in [5, 5.41) is 2.98. The van der Waals surface area contributed by atoms with Crippen LogP contribution in [0.25, 0.3) is 0 Å². The third-order valence-corrected chi connectivity index (χ3v) is 4.25. The van der Waals surface area contributed by atoms with Crippen molar-refractivity contribution in [1.82, 2.24) is 15.2 Å². The highest BCUT2D eigenvalue weighted by Gasteiger charge is 2.37. The van der Waals surface area contributed by atoms with E-state index in [1.807, 2.05) is 43.0 Å². The summed E-state index contributed by atoms with van der Waals surface area (Å²) in [5.74, 6) is 1.35. The number of hydrogen-bond donors (Lipinski definition) is 1. The first-order valence-corrected chi connectivity index (χ1v) is 8.20. The van der Waals surface area contributed by atoms with E-state index in [0.717, 1.165) is 29.9 Å². The van der Waals surface area contributed by atoms with Crippen LogP contribution >= 0.6 is 0 Å². The molecule has 1 saturated carbocycles. The Morgan fingerprint density at radius 3 is 2.88 bits per heavy atom. The summed E-state index contributed by atoms with van der Waals surface area (Å²) in [6.07, 6.45) is 3.71. The number of methoxy groups -OCH3 is 1. The number of carbonyl (C=O) groups is 1. The maximum atomic E-state index is 12.7. The fourth-order valence-electron chi connectivity index (χ4n) is 2.81. The predicted molar refractivity (Wildman–Crippen MR) is 89.7 cm³/mol. The van der Waals surface area contributed by atoms with Crippen molar-refractivity contribution in [2.24, 2.45) is 0 Å². The van der Waals surface area contributed by atoms with Crippen molar-refractivity contribution in [3.05, 3.63) is 47.5 Å². The van der Waals surface area contributed by atoms with Crippen molar-refractivity contribution in [2.45, 2.75) is 45.3 Å². The highest BCUT2D eigenvalue weighted by atomic mass is 16.5. The lowest BCUT2D eigenvalue weighted by Crippen LogP contribution is -2.42. The van der Waals surface area contributed by atoms with Crippen LogP contribution in [-0.2, 0) is 6.54 Å². The largest absolute Gasteiger partial charge is 0.481 e. The summed E-state index contributed by atoms with van der Waals surface area (Å²) in [6, 6.07) is 7.68. The Morgan fingerprint density at radius 2 is 2.25 bits per heavy atom. The third-order valence-electron chi connectivity index (χ3n) is 4.25. The molecule has 0 saturated heterocycles.